The summed E-state index contributed by atoms with van der Waals surface area (Å²) in [5.41, 5.74) is -1.86. The van der Waals surface area contributed by atoms with Crippen LogP contribution in [0.15, 0.2) is 12.4 Å². The van der Waals surface area contributed by atoms with Crippen LogP contribution >= 0.6 is 0 Å². The molecule has 0 saturated heterocycles. The van der Waals surface area contributed by atoms with Crippen molar-refractivity contribution in [3.8, 4) is 11.5 Å². The average molecular weight is 463 g/mol. The monoisotopic (exact) mass is 463 g/mol. The number of hydrogen-bond acceptors (Lipinski definition) is 7. The van der Waals surface area contributed by atoms with E-state index in [2.05, 4.69) is 35.6 Å². The molecule has 12 heteroatoms. The summed E-state index contributed by atoms with van der Waals surface area (Å²) in [5, 5.41) is 5.77. The minimum atomic E-state index is -3.22. The van der Waals surface area contributed by atoms with Gasteiger partial charge in [-0.2, -0.15) is 23.7 Å². The standard InChI is InChI=1S/C18H20F5N7.C2H6.2H2/c1-16(19)3-9(4-16)25-14-28-13(11-7-24-8-12(27-11)17(2,20)21)29-15(30-14)26-10-5-18(22,23)6-10;1-2;;/h7-10H,3-6H2,1-2H3,(H2,25,26,28,29,30);1-2H3;2*1H. The van der Waals surface area contributed by atoms with E-state index < -0.39 is 29.2 Å². The van der Waals surface area contributed by atoms with E-state index >= 15 is 0 Å². The van der Waals surface area contributed by atoms with Crippen molar-refractivity contribution in [2.75, 3.05) is 10.6 Å². The SMILES string of the molecule is CC.CC1(F)CC(Nc2nc(NC3CC(F)(F)C3)nc(-c3cncc(C(C)(F)F)n3)n2)C1.[HH].[HH]. The summed E-state index contributed by atoms with van der Waals surface area (Å²) in [6.45, 7) is 6.18. The van der Waals surface area contributed by atoms with Crippen LogP contribution in [0.25, 0.3) is 11.5 Å². The normalized spacial score (nSPS) is 24.5. The molecule has 0 aromatic carbocycles. The Labute approximate surface area is 185 Å². The molecule has 7 nitrogen and oxygen atoms in total. The van der Waals surface area contributed by atoms with E-state index in [1.165, 1.54) is 13.1 Å². The molecule has 2 fully saturated rings. The molecule has 2 saturated carbocycles. The van der Waals surface area contributed by atoms with Gasteiger partial charge in [-0.3, -0.25) is 4.98 Å². The van der Waals surface area contributed by atoms with Crippen molar-refractivity contribution in [1.29, 1.82) is 0 Å². The molecule has 0 aliphatic heterocycles. The Balaban J connectivity index is 0.00000141. The van der Waals surface area contributed by atoms with E-state index in [1.54, 1.807) is 0 Å². The fraction of sp³-hybridized carbons (Fsp3) is 0.650. The van der Waals surface area contributed by atoms with Gasteiger partial charge in [-0.05, 0) is 6.92 Å². The second-order valence-corrected chi connectivity index (χ2v) is 8.25. The van der Waals surface area contributed by atoms with Crippen LogP contribution in [-0.4, -0.2) is 48.6 Å². The molecule has 0 bridgehead atoms. The van der Waals surface area contributed by atoms with Crippen molar-refractivity contribution in [3.05, 3.63) is 18.1 Å². The molecule has 32 heavy (non-hydrogen) atoms. The Morgan fingerprint density at radius 1 is 0.906 bits per heavy atom. The van der Waals surface area contributed by atoms with Gasteiger partial charge in [0.15, 0.2) is 5.82 Å². The maximum Gasteiger partial charge on any atom is 0.288 e. The van der Waals surface area contributed by atoms with Gasteiger partial charge in [0.25, 0.3) is 11.8 Å². The van der Waals surface area contributed by atoms with Gasteiger partial charge in [0, 0.05) is 47.5 Å². The van der Waals surface area contributed by atoms with Crippen LogP contribution in [0.5, 0.6) is 0 Å². The fourth-order valence-corrected chi connectivity index (χ4v) is 3.50. The summed E-state index contributed by atoms with van der Waals surface area (Å²) in [7, 11) is 0. The summed E-state index contributed by atoms with van der Waals surface area (Å²) in [6.07, 6.45) is 1.94. The Bertz CT molecular complexity index is 899. The number of halogens is 5. The molecule has 2 heterocycles. The van der Waals surface area contributed by atoms with E-state index in [9.17, 15) is 22.0 Å². The van der Waals surface area contributed by atoms with E-state index in [0.29, 0.717) is 6.92 Å². The number of nitrogens with zero attached hydrogens (tertiary/aromatic N) is 5. The largest absolute Gasteiger partial charge is 0.351 e. The third kappa shape index (κ3) is 5.77. The van der Waals surface area contributed by atoms with Gasteiger partial charge in [-0.15, -0.1) is 0 Å². The second kappa shape index (κ2) is 8.70. The van der Waals surface area contributed by atoms with Crippen LogP contribution in [0.3, 0.4) is 0 Å². The quantitative estimate of drug-likeness (QED) is 0.549. The van der Waals surface area contributed by atoms with E-state index in [4.69, 9.17) is 0 Å². The number of hydrogen-bond donors (Lipinski definition) is 2. The molecule has 0 radical (unpaired) electrons. The van der Waals surface area contributed by atoms with Crippen molar-refractivity contribution in [1.82, 2.24) is 24.9 Å². The number of anilines is 2. The first kappa shape index (κ1) is 24.0. The molecule has 0 spiro atoms. The first-order valence-corrected chi connectivity index (χ1v) is 10.5. The zero-order valence-electron chi connectivity index (χ0n) is 18.3. The molecule has 180 valence electrons. The molecular formula is C20H30F5N7. The maximum atomic E-state index is 13.8. The fourth-order valence-electron chi connectivity index (χ4n) is 3.50. The lowest BCUT2D eigenvalue weighted by Crippen LogP contribution is -2.46. The average Bonchev–Trinajstić information content (AvgIpc) is 2.66. The highest BCUT2D eigenvalue weighted by atomic mass is 19.3. The molecular weight excluding hydrogens is 433 g/mol. The minimum absolute atomic E-state index is 0. The first-order valence-electron chi connectivity index (χ1n) is 10.5. The molecule has 2 N–H and O–H groups in total. The van der Waals surface area contributed by atoms with E-state index in [-0.39, 0.29) is 58.0 Å². The van der Waals surface area contributed by atoms with Crippen molar-refractivity contribution in [2.24, 2.45) is 0 Å². The van der Waals surface area contributed by atoms with Gasteiger partial charge in [0.2, 0.25) is 11.9 Å². The summed E-state index contributed by atoms with van der Waals surface area (Å²) >= 11 is 0. The van der Waals surface area contributed by atoms with Gasteiger partial charge < -0.3 is 10.6 Å². The maximum absolute atomic E-state index is 13.8. The Morgan fingerprint density at radius 2 is 1.44 bits per heavy atom. The van der Waals surface area contributed by atoms with Crippen molar-refractivity contribution in [2.45, 2.75) is 83.0 Å². The predicted octanol–water partition coefficient (Wildman–Crippen LogP) is 5.47. The topological polar surface area (TPSA) is 88.5 Å². The van der Waals surface area contributed by atoms with Crippen LogP contribution in [0.1, 0.15) is 61.9 Å². The molecule has 2 aliphatic rings. The molecule has 4 rings (SSSR count). The summed E-state index contributed by atoms with van der Waals surface area (Å²) < 4.78 is 67.3. The summed E-state index contributed by atoms with van der Waals surface area (Å²) in [6, 6.07) is -0.744. The predicted molar refractivity (Wildman–Crippen MR) is 114 cm³/mol. The molecule has 0 atom stereocenters. The van der Waals surface area contributed by atoms with Crippen molar-refractivity contribution in [3.63, 3.8) is 0 Å². The van der Waals surface area contributed by atoms with E-state index in [1.807, 2.05) is 13.8 Å². The van der Waals surface area contributed by atoms with Crippen molar-refractivity contribution >= 4 is 11.9 Å². The lowest BCUT2D eigenvalue weighted by Gasteiger charge is -2.39. The highest BCUT2D eigenvalue weighted by Gasteiger charge is 2.46. The summed E-state index contributed by atoms with van der Waals surface area (Å²) in [5.74, 6) is -5.93. The minimum Gasteiger partial charge on any atom is -0.351 e. The molecule has 2 aliphatic carbocycles. The molecule has 2 aromatic rings. The van der Waals surface area contributed by atoms with E-state index in [0.717, 1.165) is 6.20 Å². The van der Waals surface area contributed by atoms with Crippen LogP contribution < -0.4 is 10.6 Å². The summed E-state index contributed by atoms with van der Waals surface area (Å²) in [4.78, 5) is 20.1. The van der Waals surface area contributed by atoms with Crippen LogP contribution in [0.2, 0.25) is 0 Å². The lowest BCUT2D eigenvalue weighted by molar-refractivity contribution is -0.0794. The zero-order chi connectivity index (χ0) is 23.7. The van der Waals surface area contributed by atoms with Gasteiger partial charge in [0.05, 0.1) is 12.4 Å². The Hall–Kier alpha value is -2.66. The molecule has 0 unspecified atom stereocenters. The Kier molecular flexibility index (Phi) is 6.52. The van der Waals surface area contributed by atoms with Gasteiger partial charge >= 0.3 is 0 Å². The third-order valence-corrected chi connectivity index (χ3v) is 5.05. The highest BCUT2D eigenvalue weighted by Crippen LogP contribution is 2.39. The number of rotatable bonds is 6. The number of aromatic nitrogens is 5. The van der Waals surface area contributed by atoms with Crippen molar-refractivity contribution < 1.29 is 24.8 Å². The Morgan fingerprint density at radius 3 is 1.91 bits per heavy atom. The van der Waals surface area contributed by atoms with Gasteiger partial charge in [0.1, 0.15) is 17.1 Å². The van der Waals surface area contributed by atoms with Gasteiger partial charge in [-0.1, -0.05) is 13.8 Å². The third-order valence-electron chi connectivity index (χ3n) is 5.05. The highest BCUT2D eigenvalue weighted by molar-refractivity contribution is 5.53. The van der Waals surface area contributed by atoms with Crippen LogP contribution in [0, 0.1) is 0 Å². The zero-order valence-corrected chi connectivity index (χ0v) is 18.3. The molecule has 2 aromatic heterocycles. The number of alkyl halides is 5. The number of nitrogens with one attached hydrogen (secondary N) is 2. The van der Waals surface area contributed by atoms with Crippen LogP contribution in [0.4, 0.5) is 33.8 Å². The van der Waals surface area contributed by atoms with Crippen LogP contribution in [-0.2, 0) is 5.92 Å². The second-order valence-electron chi connectivity index (χ2n) is 8.25. The first-order chi connectivity index (χ1) is 14.9. The molecule has 0 amide bonds. The smallest absolute Gasteiger partial charge is 0.288 e. The lowest BCUT2D eigenvalue weighted by atomic mass is 9.79. The van der Waals surface area contributed by atoms with Gasteiger partial charge in [-0.25, -0.2) is 18.2 Å².